The molecule has 0 atom stereocenters. The van der Waals surface area contributed by atoms with Gasteiger partial charge >= 0.3 is 0 Å². The third-order valence-electron chi connectivity index (χ3n) is 5.19. The first kappa shape index (κ1) is 19.9. The zero-order valence-electron chi connectivity index (χ0n) is 16.7. The summed E-state index contributed by atoms with van der Waals surface area (Å²) < 4.78 is 0. The fraction of sp³-hybridized carbons (Fsp3) is 0.391. The summed E-state index contributed by atoms with van der Waals surface area (Å²) in [6.07, 6.45) is 5.74. The number of carbonyl (C=O) groups is 2. The number of anilines is 2. The van der Waals surface area contributed by atoms with E-state index in [0.717, 1.165) is 35.3 Å². The minimum Gasteiger partial charge on any atom is -0.376 e. The van der Waals surface area contributed by atoms with Gasteiger partial charge in [-0.2, -0.15) is 0 Å². The maximum atomic E-state index is 12.5. The first-order valence-electron chi connectivity index (χ1n) is 10.0. The van der Waals surface area contributed by atoms with Crippen LogP contribution in [0.15, 0.2) is 42.5 Å². The quantitative estimate of drug-likeness (QED) is 0.696. The average molecular weight is 380 g/mol. The Morgan fingerprint density at radius 2 is 1.79 bits per heavy atom. The Morgan fingerprint density at radius 1 is 1.00 bits per heavy atom. The topological polar surface area (TPSA) is 70.2 Å². The monoisotopic (exact) mass is 379 g/mol. The molecule has 1 aliphatic rings. The predicted octanol–water partition coefficient (Wildman–Crippen LogP) is 4.42. The molecule has 2 amide bonds. The molecule has 1 saturated carbocycles. The molecule has 2 aromatic carbocycles. The van der Waals surface area contributed by atoms with E-state index in [-0.39, 0.29) is 24.4 Å². The normalized spacial score (nSPS) is 14.4. The van der Waals surface area contributed by atoms with Crippen LogP contribution in [0.5, 0.6) is 0 Å². The molecule has 0 radical (unpaired) electrons. The Balaban J connectivity index is 1.54. The fourth-order valence-electron chi connectivity index (χ4n) is 3.53. The molecule has 148 valence electrons. The van der Waals surface area contributed by atoms with Crippen molar-refractivity contribution in [3.63, 3.8) is 0 Å². The van der Waals surface area contributed by atoms with E-state index in [4.69, 9.17) is 0 Å². The maximum absolute atomic E-state index is 12.5. The molecular weight excluding hydrogens is 350 g/mol. The molecule has 0 aromatic heterocycles. The van der Waals surface area contributed by atoms with Gasteiger partial charge in [-0.15, -0.1) is 0 Å². The van der Waals surface area contributed by atoms with Crippen LogP contribution in [-0.4, -0.2) is 24.4 Å². The number of hydrogen-bond donors (Lipinski definition) is 3. The molecule has 3 rings (SSSR count). The zero-order chi connectivity index (χ0) is 19.9. The van der Waals surface area contributed by atoms with Gasteiger partial charge in [0.05, 0.1) is 6.54 Å². The lowest BCUT2D eigenvalue weighted by Gasteiger charge is -2.22. The van der Waals surface area contributed by atoms with Gasteiger partial charge in [0.1, 0.15) is 0 Å². The van der Waals surface area contributed by atoms with E-state index >= 15 is 0 Å². The molecule has 0 bridgehead atoms. The van der Waals surface area contributed by atoms with Gasteiger partial charge in [0.25, 0.3) is 5.91 Å². The van der Waals surface area contributed by atoms with Gasteiger partial charge in [0, 0.05) is 23.0 Å². The summed E-state index contributed by atoms with van der Waals surface area (Å²) >= 11 is 0. The lowest BCUT2D eigenvalue weighted by molar-refractivity contribution is -0.114. The molecule has 3 N–H and O–H groups in total. The molecule has 2 aromatic rings. The smallest absolute Gasteiger partial charge is 0.251 e. The second-order valence-electron chi connectivity index (χ2n) is 7.61. The zero-order valence-corrected chi connectivity index (χ0v) is 16.7. The molecule has 0 aliphatic heterocycles. The highest BCUT2D eigenvalue weighted by Gasteiger charge is 2.16. The van der Waals surface area contributed by atoms with E-state index in [1.807, 2.05) is 44.2 Å². The summed E-state index contributed by atoms with van der Waals surface area (Å²) in [7, 11) is 0. The van der Waals surface area contributed by atoms with Crippen molar-refractivity contribution in [2.45, 2.75) is 52.0 Å². The van der Waals surface area contributed by atoms with E-state index < -0.39 is 0 Å². The molecule has 5 nitrogen and oxygen atoms in total. The second kappa shape index (κ2) is 9.40. The SMILES string of the molecule is Cc1ccc(C)c(NC(=O)CNc2cccc(C(=O)NC3CCCCC3)c2)c1. The van der Waals surface area contributed by atoms with E-state index in [1.54, 1.807) is 12.1 Å². The van der Waals surface area contributed by atoms with Crippen LogP contribution in [0.4, 0.5) is 11.4 Å². The van der Waals surface area contributed by atoms with E-state index in [2.05, 4.69) is 16.0 Å². The van der Waals surface area contributed by atoms with Crippen molar-refractivity contribution < 1.29 is 9.59 Å². The molecule has 1 fully saturated rings. The Bertz CT molecular complexity index is 841. The second-order valence-corrected chi connectivity index (χ2v) is 7.61. The summed E-state index contributed by atoms with van der Waals surface area (Å²) in [5.74, 6) is -0.166. The highest BCUT2D eigenvalue weighted by atomic mass is 16.2. The van der Waals surface area contributed by atoms with Crippen molar-refractivity contribution in [1.29, 1.82) is 0 Å². The Kier molecular flexibility index (Phi) is 6.69. The molecule has 0 saturated heterocycles. The molecule has 28 heavy (non-hydrogen) atoms. The van der Waals surface area contributed by atoms with Crippen molar-refractivity contribution in [3.8, 4) is 0 Å². The highest BCUT2D eigenvalue weighted by molar-refractivity contribution is 5.96. The number of benzene rings is 2. The van der Waals surface area contributed by atoms with Gasteiger partial charge in [-0.1, -0.05) is 37.5 Å². The summed E-state index contributed by atoms with van der Waals surface area (Å²) in [5.41, 5.74) is 4.33. The molecule has 1 aliphatic carbocycles. The largest absolute Gasteiger partial charge is 0.376 e. The number of carbonyl (C=O) groups excluding carboxylic acids is 2. The summed E-state index contributed by atoms with van der Waals surface area (Å²) in [6, 6.07) is 13.6. The third kappa shape index (κ3) is 5.59. The number of amides is 2. The summed E-state index contributed by atoms with van der Waals surface area (Å²) in [4.78, 5) is 24.8. The molecule has 0 heterocycles. The lowest BCUT2D eigenvalue weighted by Crippen LogP contribution is -2.36. The Hall–Kier alpha value is -2.82. The average Bonchev–Trinajstić information content (AvgIpc) is 2.70. The van der Waals surface area contributed by atoms with Crippen LogP contribution >= 0.6 is 0 Å². The van der Waals surface area contributed by atoms with Crippen LogP contribution in [0.25, 0.3) is 0 Å². The predicted molar refractivity (Wildman–Crippen MR) is 114 cm³/mol. The number of nitrogens with one attached hydrogen (secondary N) is 3. The number of aryl methyl sites for hydroxylation is 2. The van der Waals surface area contributed by atoms with E-state index in [9.17, 15) is 9.59 Å². The minimum atomic E-state index is -0.120. The van der Waals surface area contributed by atoms with Gasteiger partial charge < -0.3 is 16.0 Å². The number of hydrogen-bond acceptors (Lipinski definition) is 3. The summed E-state index contributed by atoms with van der Waals surface area (Å²) in [5, 5.41) is 9.16. The number of rotatable bonds is 6. The minimum absolute atomic E-state index is 0.0459. The van der Waals surface area contributed by atoms with Gasteiger partial charge in [0.15, 0.2) is 0 Å². The molecule has 5 heteroatoms. The molecule has 0 unspecified atom stereocenters. The molecule has 0 spiro atoms. The Morgan fingerprint density at radius 3 is 2.57 bits per heavy atom. The van der Waals surface area contributed by atoms with Crippen LogP contribution in [-0.2, 0) is 4.79 Å². The molecular formula is C23H29N3O2. The van der Waals surface area contributed by atoms with Crippen molar-refractivity contribution in [3.05, 3.63) is 59.2 Å². The van der Waals surface area contributed by atoms with Gasteiger partial charge in [-0.05, 0) is 62.1 Å². The van der Waals surface area contributed by atoms with E-state index in [0.29, 0.717) is 5.56 Å². The third-order valence-corrected chi connectivity index (χ3v) is 5.19. The van der Waals surface area contributed by atoms with Crippen LogP contribution in [0, 0.1) is 13.8 Å². The van der Waals surface area contributed by atoms with Crippen molar-refractivity contribution >= 4 is 23.2 Å². The highest BCUT2D eigenvalue weighted by Crippen LogP contribution is 2.19. The van der Waals surface area contributed by atoms with Crippen molar-refractivity contribution in [2.75, 3.05) is 17.2 Å². The standard InChI is InChI=1S/C23H29N3O2/c1-16-11-12-17(2)21(13-16)26-22(27)15-24-20-10-6-7-18(14-20)23(28)25-19-8-4-3-5-9-19/h6-7,10-14,19,24H,3-5,8-9,15H2,1-2H3,(H,25,28)(H,26,27). The first-order valence-corrected chi connectivity index (χ1v) is 10.0. The first-order chi connectivity index (χ1) is 13.5. The maximum Gasteiger partial charge on any atom is 0.251 e. The fourth-order valence-corrected chi connectivity index (χ4v) is 3.53. The van der Waals surface area contributed by atoms with Crippen molar-refractivity contribution in [2.24, 2.45) is 0 Å². The van der Waals surface area contributed by atoms with Crippen LogP contribution in [0.1, 0.15) is 53.6 Å². The van der Waals surface area contributed by atoms with Crippen LogP contribution in [0.2, 0.25) is 0 Å². The van der Waals surface area contributed by atoms with Crippen LogP contribution < -0.4 is 16.0 Å². The van der Waals surface area contributed by atoms with Crippen molar-refractivity contribution in [1.82, 2.24) is 5.32 Å². The lowest BCUT2D eigenvalue weighted by atomic mass is 9.95. The van der Waals surface area contributed by atoms with Gasteiger partial charge in [-0.25, -0.2) is 0 Å². The van der Waals surface area contributed by atoms with E-state index in [1.165, 1.54) is 19.3 Å². The summed E-state index contributed by atoms with van der Waals surface area (Å²) in [6.45, 7) is 4.11. The van der Waals surface area contributed by atoms with Gasteiger partial charge in [-0.3, -0.25) is 9.59 Å². The van der Waals surface area contributed by atoms with Crippen LogP contribution in [0.3, 0.4) is 0 Å². The Labute approximate surface area is 166 Å². The van der Waals surface area contributed by atoms with Gasteiger partial charge in [0.2, 0.25) is 5.91 Å².